The van der Waals surface area contributed by atoms with Crippen molar-refractivity contribution in [2.75, 3.05) is 5.32 Å². The molecule has 0 saturated heterocycles. The molecule has 20 heavy (non-hydrogen) atoms. The number of carbonyl (C=O) groups excluding carboxylic acids is 1. The molecule has 0 radical (unpaired) electrons. The lowest BCUT2D eigenvalue weighted by atomic mass is 10.2. The molecule has 3 rings (SSSR count). The molecular weight excluding hydrogens is 256 g/mol. The largest absolute Gasteiger partial charge is 0.423 e. The van der Waals surface area contributed by atoms with E-state index in [0.717, 1.165) is 0 Å². The Balaban J connectivity index is 2.03. The van der Waals surface area contributed by atoms with E-state index in [1.54, 1.807) is 36.5 Å². The van der Waals surface area contributed by atoms with Crippen molar-refractivity contribution in [3.8, 4) is 0 Å². The van der Waals surface area contributed by atoms with Gasteiger partial charge >= 0.3 is 5.63 Å². The lowest BCUT2D eigenvalue weighted by Gasteiger charge is -2.07. The molecule has 0 aliphatic heterocycles. The van der Waals surface area contributed by atoms with Gasteiger partial charge in [0, 0.05) is 23.8 Å². The summed E-state index contributed by atoms with van der Waals surface area (Å²) < 4.78 is 5.07. The van der Waals surface area contributed by atoms with Crippen LogP contribution in [0.1, 0.15) is 10.4 Å². The van der Waals surface area contributed by atoms with Crippen molar-refractivity contribution < 1.29 is 9.21 Å². The van der Waals surface area contributed by atoms with Gasteiger partial charge in [-0.1, -0.05) is 12.1 Å². The topological polar surface area (TPSA) is 72.2 Å². The number of hydrogen-bond donors (Lipinski definition) is 1. The number of rotatable bonds is 2. The molecule has 0 aliphatic carbocycles. The third-order valence-corrected chi connectivity index (χ3v) is 2.82. The molecule has 0 bridgehead atoms. The number of nitrogens with zero attached hydrogens (tertiary/aromatic N) is 1. The van der Waals surface area contributed by atoms with Gasteiger partial charge in [-0.05, 0) is 24.3 Å². The molecule has 0 saturated carbocycles. The van der Waals surface area contributed by atoms with Crippen molar-refractivity contribution in [1.29, 1.82) is 0 Å². The fourth-order valence-electron chi connectivity index (χ4n) is 1.91. The predicted molar refractivity (Wildman–Crippen MR) is 74.7 cm³/mol. The summed E-state index contributed by atoms with van der Waals surface area (Å²) >= 11 is 0. The minimum Gasteiger partial charge on any atom is -0.423 e. The Morgan fingerprint density at radius 3 is 2.80 bits per heavy atom. The van der Waals surface area contributed by atoms with Gasteiger partial charge in [-0.2, -0.15) is 0 Å². The Labute approximate surface area is 113 Å². The molecule has 0 aliphatic rings. The summed E-state index contributed by atoms with van der Waals surface area (Å²) in [6, 6.07) is 11.6. The first kappa shape index (κ1) is 12.1. The van der Waals surface area contributed by atoms with E-state index < -0.39 is 5.63 Å². The number of amides is 1. The van der Waals surface area contributed by atoms with E-state index in [9.17, 15) is 9.59 Å². The van der Waals surface area contributed by atoms with Crippen LogP contribution in [0.5, 0.6) is 0 Å². The molecule has 5 heteroatoms. The maximum Gasteiger partial charge on any atom is 0.338 e. The highest BCUT2D eigenvalue weighted by atomic mass is 16.4. The molecule has 0 atom stereocenters. The Kier molecular flexibility index (Phi) is 3.01. The minimum atomic E-state index is -0.509. The van der Waals surface area contributed by atoms with Gasteiger partial charge in [0.05, 0.1) is 11.3 Å². The van der Waals surface area contributed by atoms with Gasteiger partial charge in [-0.3, -0.25) is 9.78 Å². The lowest BCUT2D eigenvalue weighted by Crippen LogP contribution is -2.14. The van der Waals surface area contributed by atoms with E-state index in [4.69, 9.17) is 4.42 Å². The number of aromatic nitrogens is 1. The zero-order chi connectivity index (χ0) is 13.9. The van der Waals surface area contributed by atoms with Gasteiger partial charge in [0.1, 0.15) is 5.58 Å². The highest BCUT2D eigenvalue weighted by Gasteiger charge is 2.10. The third-order valence-electron chi connectivity index (χ3n) is 2.82. The summed E-state index contributed by atoms with van der Waals surface area (Å²) in [6.07, 6.45) is 3.05. The first-order valence-corrected chi connectivity index (χ1v) is 5.98. The van der Waals surface area contributed by atoms with Gasteiger partial charge in [0.2, 0.25) is 0 Å². The number of benzene rings is 1. The normalized spacial score (nSPS) is 10.4. The van der Waals surface area contributed by atoms with E-state index >= 15 is 0 Å². The molecule has 3 aromatic rings. The second kappa shape index (κ2) is 4.97. The maximum absolute atomic E-state index is 12.1. The van der Waals surface area contributed by atoms with Crippen molar-refractivity contribution in [1.82, 2.24) is 4.98 Å². The van der Waals surface area contributed by atoms with E-state index in [-0.39, 0.29) is 5.91 Å². The van der Waals surface area contributed by atoms with E-state index in [2.05, 4.69) is 10.3 Å². The summed E-state index contributed by atoms with van der Waals surface area (Å²) in [6.45, 7) is 0. The average Bonchev–Trinajstić information content (AvgIpc) is 2.48. The summed E-state index contributed by atoms with van der Waals surface area (Å²) in [5.74, 6) is -0.325. The first-order valence-electron chi connectivity index (χ1n) is 5.98. The van der Waals surface area contributed by atoms with Crippen molar-refractivity contribution in [2.24, 2.45) is 0 Å². The number of para-hydroxylation sites is 1. The molecule has 2 aromatic heterocycles. The van der Waals surface area contributed by atoms with Gasteiger partial charge in [-0.25, -0.2) is 4.79 Å². The zero-order valence-electron chi connectivity index (χ0n) is 10.4. The van der Waals surface area contributed by atoms with Crippen molar-refractivity contribution in [3.05, 3.63) is 70.8 Å². The summed E-state index contributed by atoms with van der Waals surface area (Å²) in [5, 5.41) is 3.37. The monoisotopic (exact) mass is 266 g/mol. The second-order valence-corrected chi connectivity index (χ2v) is 4.17. The molecule has 1 amide bonds. The van der Waals surface area contributed by atoms with Crippen molar-refractivity contribution in [2.45, 2.75) is 0 Å². The summed E-state index contributed by atoms with van der Waals surface area (Å²) in [7, 11) is 0. The van der Waals surface area contributed by atoms with Crippen LogP contribution in [-0.4, -0.2) is 10.9 Å². The summed E-state index contributed by atoms with van der Waals surface area (Å²) in [4.78, 5) is 27.5. The fraction of sp³-hybridized carbons (Fsp3) is 0. The van der Waals surface area contributed by atoms with E-state index in [1.165, 1.54) is 12.3 Å². The van der Waals surface area contributed by atoms with Gasteiger partial charge in [-0.15, -0.1) is 0 Å². The molecule has 1 aromatic carbocycles. The third kappa shape index (κ3) is 2.29. The van der Waals surface area contributed by atoms with Crippen LogP contribution in [0.25, 0.3) is 11.0 Å². The van der Waals surface area contributed by atoms with Gasteiger partial charge in [0.25, 0.3) is 5.91 Å². The van der Waals surface area contributed by atoms with Crippen LogP contribution in [0.3, 0.4) is 0 Å². The van der Waals surface area contributed by atoms with Crippen LogP contribution in [0.15, 0.2) is 64.1 Å². The second-order valence-electron chi connectivity index (χ2n) is 4.17. The molecule has 5 nitrogen and oxygen atoms in total. The van der Waals surface area contributed by atoms with Crippen LogP contribution in [0.4, 0.5) is 5.69 Å². The van der Waals surface area contributed by atoms with Crippen LogP contribution in [0.2, 0.25) is 0 Å². The lowest BCUT2D eigenvalue weighted by molar-refractivity contribution is 0.102. The molecule has 2 heterocycles. The number of pyridine rings is 1. The number of nitrogens with one attached hydrogen (secondary N) is 1. The first-order chi connectivity index (χ1) is 9.74. The molecule has 98 valence electrons. The summed E-state index contributed by atoms with van der Waals surface area (Å²) in [5.41, 5.74) is 0.766. The number of hydrogen-bond acceptors (Lipinski definition) is 4. The van der Waals surface area contributed by atoms with Gasteiger partial charge in [0.15, 0.2) is 0 Å². The molecule has 1 N–H and O–H groups in total. The Morgan fingerprint density at radius 1 is 1.15 bits per heavy atom. The number of anilines is 1. The standard InChI is InChI=1S/C15H10N2O3/c18-14-8-12(11-5-1-2-6-13(11)20-14)17-15(19)10-4-3-7-16-9-10/h1-9H,(H,17,19). The van der Waals surface area contributed by atoms with Crippen LogP contribution >= 0.6 is 0 Å². The molecular formula is C15H10N2O3. The highest BCUT2D eigenvalue weighted by molar-refractivity contribution is 6.08. The van der Waals surface area contributed by atoms with Crippen LogP contribution in [0, 0.1) is 0 Å². The Morgan fingerprint density at radius 2 is 2.00 bits per heavy atom. The smallest absolute Gasteiger partial charge is 0.338 e. The van der Waals surface area contributed by atoms with E-state index in [0.29, 0.717) is 22.2 Å². The quantitative estimate of drug-likeness (QED) is 0.723. The Bertz CT molecular complexity index is 825. The molecule has 0 spiro atoms. The maximum atomic E-state index is 12.1. The fourth-order valence-corrected chi connectivity index (χ4v) is 1.91. The predicted octanol–water partition coefficient (Wildman–Crippen LogP) is 2.44. The van der Waals surface area contributed by atoms with Crippen LogP contribution < -0.4 is 10.9 Å². The number of fused-ring (bicyclic) bond motifs is 1. The SMILES string of the molecule is O=C(Nc1cc(=O)oc2ccccc12)c1cccnc1. The zero-order valence-corrected chi connectivity index (χ0v) is 10.4. The average molecular weight is 266 g/mol. The minimum absolute atomic E-state index is 0.325. The van der Waals surface area contributed by atoms with Gasteiger partial charge < -0.3 is 9.73 Å². The highest BCUT2D eigenvalue weighted by Crippen LogP contribution is 2.21. The number of carbonyl (C=O) groups is 1. The Hall–Kier alpha value is -2.95. The molecule has 0 unspecified atom stereocenters. The molecule has 0 fully saturated rings. The van der Waals surface area contributed by atoms with Crippen LogP contribution in [-0.2, 0) is 0 Å². The van der Waals surface area contributed by atoms with Crippen molar-refractivity contribution >= 4 is 22.6 Å². The van der Waals surface area contributed by atoms with Crippen molar-refractivity contribution in [3.63, 3.8) is 0 Å². The van der Waals surface area contributed by atoms with E-state index in [1.807, 2.05) is 6.07 Å².